The zero-order valence-electron chi connectivity index (χ0n) is 9.63. The molecule has 88 valence electrons. The molecular weight excluding hydrogens is 222 g/mol. The highest BCUT2D eigenvalue weighted by molar-refractivity contribution is 6.30. The summed E-state index contributed by atoms with van der Waals surface area (Å²) in [5.74, 6) is 0.941. The van der Waals surface area contributed by atoms with E-state index in [2.05, 4.69) is 0 Å². The molecule has 1 aliphatic rings. The van der Waals surface area contributed by atoms with Crippen LogP contribution >= 0.6 is 11.6 Å². The van der Waals surface area contributed by atoms with Crippen LogP contribution in [0.15, 0.2) is 18.2 Å². The molecule has 0 aliphatic heterocycles. The normalized spacial score (nSPS) is 17.2. The van der Waals surface area contributed by atoms with Crippen LogP contribution in [0.1, 0.15) is 31.7 Å². The van der Waals surface area contributed by atoms with Crippen molar-refractivity contribution in [1.82, 2.24) is 0 Å². The van der Waals surface area contributed by atoms with Gasteiger partial charge in [-0.1, -0.05) is 11.6 Å². The van der Waals surface area contributed by atoms with Crippen molar-refractivity contribution < 1.29 is 4.74 Å². The number of hydrogen-bond acceptors (Lipinski definition) is 2. The molecule has 0 atom stereocenters. The number of ether oxygens (including phenoxy) is 1. The molecule has 0 bridgehead atoms. The van der Waals surface area contributed by atoms with Gasteiger partial charge in [-0.25, -0.2) is 0 Å². The number of hydrogen-bond donors (Lipinski definition) is 1. The van der Waals surface area contributed by atoms with Gasteiger partial charge in [-0.3, -0.25) is 0 Å². The summed E-state index contributed by atoms with van der Waals surface area (Å²) in [4.78, 5) is 0. The lowest BCUT2D eigenvalue weighted by molar-refractivity contribution is 0.336. The van der Waals surface area contributed by atoms with Crippen molar-refractivity contribution in [3.8, 4) is 5.75 Å². The van der Waals surface area contributed by atoms with E-state index in [0.29, 0.717) is 6.61 Å². The standard InChI is InChI=1S/C13H18ClNO/c1-2-16-12-4-3-11(14)9-10(12)5-6-13(15)7-8-13/h3-4,9H,2,5-8,15H2,1H3. The van der Waals surface area contributed by atoms with Gasteiger partial charge in [-0.15, -0.1) is 0 Å². The smallest absolute Gasteiger partial charge is 0.122 e. The van der Waals surface area contributed by atoms with Crippen molar-refractivity contribution in [2.75, 3.05) is 6.61 Å². The van der Waals surface area contributed by atoms with Crippen LogP contribution < -0.4 is 10.5 Å². The number of benzene rings is 1. The maximum atomic E-state index is 6.08. The second-order valence-electron chi connectivity index (χ2n) is 4.55. The Hall–Kier alpha value is -0.730. The fourth-order valence-corrected chi connectivity index (χ4v) is 2.03. The third-order valence-corrected chi connectivity index (χ3v) is 3.34. The van der Waals surface area contributed by atoms with E-state index in [1.807, 2.05) is 25.1 Å². The van der Waals surface area contributed by atoms with E-state index in [-0.39, 0.29) is 5.54 Å². The van der Waals surface area contributed by atoms with Crippen LogP contribution in [0.25, 0.3) is 0 Å². The summed E-state index contributed by atoms with van der Waals surface area (Å²) in [5.41, 5.74) is 7.34. The van der Waals surface area contributed by atoms with E-state index in [0.717, 1.165) is 36.5 Å². The molecule has 1 aromatic rings. The molecule has 0 amide bonds. The molecule has 0 spiro atoms. The first-order valence-electron chi connectivity index (χ1n) is 5.83. The molecule has 1 aliphatic carbocycles. The van der Waals surface area contributed by atoms with E-state index >= 15 is 0 Å². The van der Waals surface area contributed by atoms with Gasteiger partial charge >= 0.3 is 0 Å². The third-order valence-electron chi connectivity index (χ3n) is 3.11. The monoisotopic (exact) mass is 239 g/mol. The van der Waals surface area contributed by atoms with Gasteiger partial charge in [-0.2, -0.15) is 0 Å². The van der Waals surface area contributed by atoms with Gasteiger partial charge in [0.1, 0.15) is 5.75 Å². The summed E-state index contributed by atoms with van der Waals surface area (Å²) < 4.78 is 5.58. The first-order chi connectivity index (χ1) is 7.63. The molecule has 2 nitrogen and oxygen atoms in total. The zero-order chi connectivity index (χ0) is 11.6. The molecule has 0 heterocycles. The molecule has 2 N–H and O–H groups in total. The molecule has 1 saturated carbocycles. The molecule has 1 fully saturated rings. The van der Waals surface area contributed by atoms with E-state index in [1.165, 1.54) is 5.56 Å². The lowest BCUT2D eigenvalue weighted by Crippen LogP contribution is -2.22. The lowest BCUT2D eigenvalue weighted by Gasteiger charge is -2.13. The predicted molar refractivity (Wildman–Crippen MR) is 67.1 cm³/mol. The Bertz CT molecular complexity index is 374. The Labute approximate surface area is 102 Å². The Morgan fingerprint density at radius 2 is 2.19 bits per heavy atom. The van der Waals surface area contributed by atoms with Crippen molar-refractivity contribution in [2.45, 2.75) is 38.1 Å². The SMILES string of the molecule is CCOc1ccc(Cl)cc1CCC1(N)CC1. The quantitative estimate of drug-likeness (QED) is 0.857. The van der Waals surface area contributed by atoms with Gasteiger partial charge in [0.25, 0.3) is 0 Å². The summed E-state index contributed by atoms with van der Waals surface area (Å²) in [6.45, 7) is 2.67. The van der Waals surface area contributed by atoms with Gasteiger partial charge in [0.05, 0.1) is 6.61 Å². The lowest BCUT2D eigenvalue weighted by atomic mass is 10.0. The van der Waals surface area contributed by atoms with Crippen molar-refractivity contribution >= 4 is 11.6 Å². The maximum Gasteiger partial charge on any atom is 0.122 e. The average molecular weight is 240 g/mol. The van der Waals surface area contributed by atoms with Crippen molar-refractivity contribution in [2.24, 2.45) is 5.73 Å². The van der Waals surface area contributed by atoms with Crippen LogP contribution in [0, 0.1) is 0 Å². The van der Waals surface area contributed by atoms with Crippen LogP contribution in [0.2, 0.25) is 5.02 Å². The first kappa shape index (κ1) is 11.7. The Morgan fingerprint density at radius 1 is 1.44 bits per heavy atom. The van der Waals surface area contributed by atoms with E-state index in [1.54, 1.807) is 0 Å². The second kappa shape index (κ2) is 4.64. The second-order valence-corrected chi connectivity index (χ2v) is 4.98. The minimum absolute atomic E-state index is 0.0891. The highest BCUT2D eigenvalue weighted by atomic mass is 35.5. The van der Waals surface area contributed by atoms with Gasteiger partial charge in [0, 0.05) is 10.6 Å². The summed E-state index contributed by atoms with van der Waals surface area (Å²) in [6.07, 6.45) is 4.27. The maximum absolute atomic E-state index is 6.08. The summed E-state index contributed by atoms with van der Waals surface area (Å²) >= 11 is 6.00. The number of halogens is 1. The van der Waals surface area contributed by atoms with E-state index < -0.39 is 0 Å². The van der Waals surface area contributed by atoms with Crippen molar-refractivity contribution in [3.63, 3.8) is 0 Å². The summed E-state index contributed by atoms with van der Waals surface area (Å²) in [6, 6.07) is 5.79. The van der Waals surface area contributed by atoms with E-state index in [4.69, 9.17) is 22.1 Å². The van der Waals surface area contributed by atoms with Crippen LogP contribution in [-0.4, -0.2) is 12.1 Å². The molecule has 0 unspecified atom stereocenters. The fourth-order valence-electron chi connectivity index (χ4n) is 1.83. The number of nitrogens with two attached hydrogens (primary N) is 1. The van der Waals surface area contributed by atoms with Crippen molar-refractivity contribution in [1.29, 1.82) is 0 Å². The molecule has 0 saturated heterocycles. The summed E-state index contributed by atoms with van der Waals surface area (Å²) in [7, 11) is 0. The minimum Gasteiger partial charge on any atom is -0.494 e. The largest absolute Gasteiger partial charge is 0.494 e. The highest BCUT2D eigenvalue weighted by Crippen LogP contribution is 2.37. The molecule has 0 aromatic heterocycles. The zero-order valence-corrected chi connectivity index (χ0v) is 10.4. The topological polar surface area (TPSA) is 35.2 Å². The molecule has 16 heavy (non-hydrogen) atoms. The van der Waals surface area contributed by atoms with Crippen LogP contribution in [-0.2, 0) is 6.42 Å². The molecule has 1 aromatic carbocycles. The van der Waals surface area contributed by atoms with Gasteiger partial charge in [0.15, 0.2) is 0 Å². The van der Waals surface area contributed by atoms with E-state index in [9.17, 15) is 0 Å². The number of rotatable bonds is 5. The fraction of sp³-hybridized carbons (Fsp3) is 0.538. The molecule has 0 radical (unpaired) electrons. The Kier molecular flexibility index (Phi) is 3.41. The predicted octanol–water partition coefficient (Wildman–Crippen LogP) is 3.16. The molecular formula is C13H18ClNO. The van der Waals surface area contributed by atoms with Crippen LogP contribution in [0.4, 0.5) is 0 Å². The van der Waals surface area contributed by atoms with Crippen molar-refractivity contribution in [3.05, 3.63) is 28.8 Å². The summed E-state index contributed by atoms with van der Waals surface area (Å²) in [5, 5.41) is 0.764. The Balaban J connectivity index is 2.07. The van der Waals surface area contributed by atoms with Gasteiger partial charge < -0.3 is 10.5 Å². The highest BCUT2D eigenvalue weighted by Gasteiger charge is 2.37. The van der Waals surface area contributed by atoms with Crippen LogP contribution in [0.3, 0.4) is 0 Å². The van der Waals surface area contributed by atoms with Gasteiger partial charge in [-0.05, 0) is 56.4 Å². The number of aryl methyl sites for hydroxylation is 1. The first-order valence-corrected chi connectivity index (χ1v) is 6.21. The average Bonchev–Trinajstić information content (AvgIpc) is 2.98. The molecule has 2 rings (SSSR count). The minimum atomic E-state index is 0.0891. The third kappa shape index (κ3) is 2.89. The Morgan fingerprint density at radius 3 is 2.81 bits per heavy atom. The van der Waals surface area contributed by atoms with Crippen LogP contribution in [0.5, 0.6) is 5.75 Å². The molecule has 3 heteroatoms. The van der Waals surface area contributed by atoms with Gasteiger partial charge in [0.2, 0.25) is 0 Å².